The Morgan fingerprint density at radius 2 is 2.15 bits per heavy atom. The maximum atomic E-state index is 6.07. The number of aliphatic imine (C=N–C) groups is 1. The Balaban J connectivity index is 0.00000338. The Labute approximate surface area is 175 Å². The van der Waals surface area contributed by atoms with E-state index < -0.39 is 0 Å². The fourth-order valence-corrected chi connectivity index (χ4v) is 3.43. The summed E-state index contributed by atoms with van der Waals surface area (Å²) in [6.45, 7) is 13.3. The molecule has 0 aliphatic carbocycles. The lowest BCUT2D eigenvalue weighted by molar-refractivity contribution is -0.0823. The lowest BCUT2D eigenvalue weighted by atomic mass is 9.78. The normalized spacial score (nSPS) is 21.2. The number of aryl methyl sites for hydroxylation is 1. The SMILES string of the molecule is CCNC(=NCC1CCCOC1C(C)(C)C)NCCCn1ccnc1.I. The molecule has 0 radical (unpaired) electrons. The minimum Gasteiger partial charge on any atom is -0.377 e. The highest BCUT2D eigenvalue weighted by molar-refractivity contribution is 14.0. The van der Waals surface area contributed by atoms with E-state index in [1.807, 2.05) is 18.7 Å². The van der Waals surface area contributed by atoms with E-state index in [0.29, 0.717) is 5.92 Å². The molecular weight excluding hydrogens is 441 g/mol. The Hall–Kier alpha value is -0.830. The molecule has 1 aromatic heterocycles. The number of halogens is 1. The van der Waals surface area contributed by atoms with Crippen LogP contribution >= 0.6 is 24.0 Å². The number of hydrogen-bond donors (Lipinski definition) is 2. The van der Waals surface area contributed by atoms with Crippen molar-refractivity contribution in [3.8, 4) is 0 Å². The number of ether oxygens (including phenoxy) is 1. The summed E-state index contributed by atoms with van der Waals surface area (Å²) >= 11 is 0. The maximum Gasteiger partial charge on any atom is 0.191 e. The number of hydrogen-bond acceptors (Lipinski definition) is 3. The van der Waals surface area contributed by atoms with Crippen molar-refractivity contribution in [3.05, 3.63) is 18.7 Å². The molecule has 2 N–H and O–H groups in total. The molecule has 0 saturated carbocycles. The zero-order chi connectivity index (χ0) is 18.1. The lowest BCUT2D eigenvalue weighted by Gasteiger charge is -2.39. The van der Waals surface area contributed by atoms with E-state index in [9.17, 15) is 0 Å². The van der Waals surface area contributed by atoms with Gasteiger partial charge in [0.15, 0.2) is 5.96 Å². The molecule has 6 nitrogen and oxygen atoms in total. The summed E-state index contributed by atoms with van der Waals surface area (Å²) in [5.41, 5.74) is 0.164. The van der Waals surface area contributed by atoms with Gasteiger partial charge >= 0.3 is 0 Å². The van der Waals surface area contributed by atoms with Crippen LogP contribution in [0.5, 0.6) is 0 Å². The van der Waals surface area contributed by atoms with Crippen molar-refractivity contribution >= 4 is 29.9 Å². The summed E-state index contributed by atoms with van der Waals surface area (Å²) in [6.07, 6.45) is 9.33. The van der Waals surface area contributed by atoms with Crippen LogP contribution in [0.4, 0.5) is 0 Å². The van der Waals surface area contributed by atoms with E-state index in [4.69, 9.17) is 9.73 Å². The minimum absolute atomic E-state index is 0. The van der Waals surface area contributed by atoms with Crippen LogP contribution in [-0.4, -0.2) is 47.9 Å². The third-order valence-corrected chi connectivity index (χ3v) is 4.57. The molecule has 1 fully saturated rings. The summed E-state index contributed by atoms with van der Waals surface area (Å²) in [7, 11) is 0. The second kappa shape index (κ2) is 11.8. The van der Waals surface area contributed by atoms with Gasteiger partial charge in [0, 0.05) is 51.1 Å². The molecule has 2 unspecified atom stereocenters. The topological polar surface area (TPSA) is 63.5 Å². The number of nitrogens with zero attached hydrogens (tertiary/aromatic N) is 3. The van der Waals surface area contributed by atoms with Crippen LogP contribution in [0.1, 0.15) is 47.0 Å². The Kier molecular flexibility index (Phi) is 10.5. The number of guanidine groups is 1. The van der Waals surface area contributed by atoms with Gasteiger partial charge in [-0.2, -0.15) is 0 Å². The van der Waals surface area contributed by atoms with Crippen molar-refractivity contribution in [2.24, 2.45) is 16.3 Å². The highest BCUT2D eigenvalue weighted by atomic mass is 127. The van der Waals surface area contributed by atoms with Crippen molar-refractivity contribution < 1.29 is 4.74 Å². The van der Waals surface area contributed by atoms with Crippen molar-refractivity contribution in [3.63, 3.8) is 0 Å². The fraction of sp³-hybridized carbons (Fsp3) is 0.789. The first-order valence-corrected chi connectivity index (χ1v) is 9.60. The molecule has 26 heavy (non-hydrogen) atoms. The second-order valence-corrected chi connectivity index (χ2v) is 7.86. The summed E-state index contributed by atoms with van der Waals surface area (Å²) in [4.78, 5) is 8.90. The molecule has 2 heterocycles. The highest BCUT2D eigenvalue weighted by Crippen LogP contribution is 2.34. The van der Waals surface area contributed by atoms with Crippen LogP contribution in [0, 0.1) is 11.3 Å². The Morgan fingerprint density at radius 3 is 2.81 bits per heavy atom. The molecule has 0 bridgehead atoms. The monoisotopic (exact) mass is 477 g/mol. The number of rotatable bonds is 7. The third kappa shape index (κ3) is 7.82. The summed E-state index contributed by atoms with van der Waals surface area (Å²) < 4.78 is 8.16. The van der Waals surface area contributed by atoms with Crippen LogP contribution in [0.25, 0.3) is 0 Å². The quantitative estimate of drug-likeness (QED) is 0.274. The van der Waals surface area contributed by atoms with Gasteiger partial charge in [-0.1, -0.05) is 20.8 Å². The van der Waals surface area contributed by atoms with Crippen LogP contribution in [-0.2, 0) is 11.3 Å². The largest absolute Gasteiger partial charge is 0.377 e. The zero-order valence-corrected chi connectivity index (χ0v) is 19.0. The van der Waals surface area contributed by atoms with Crippen LogP contribution in [0.15, 0.2) is 23.7 Å². The Morgan fingerprint density at radius 1 is 1.35 bits per heavy atom. The first-order chi connectivity index (χ1) is 12.0. The van der Waals surface area contributed by atoms with E-state index in [1.165, 1.54) is 6.42 Å². The molecule has 150 valence electrons. The first kappa shape index (κ1) is 23.2. The standard InChI is InChI=1S/C19H35N5O.HI/c1-5-21-18(22-9-7-11-24-12-10-20-15-24)23-14-16-8-6-13-25-17(16)19(2,3)4;/h10,12,15-17H,5-9,11,13-14H2,1-4H3,(H2,21,22,23);1H. The predicted octanol–water partition coefficient (Wildman–Crippen LogP) is 3.29. The van der Waals surface area contributed by atoms with Gasteiger partial charge in [0.25, 0.3) is 0 Å². The van der Waals surface area contributed by atoms with Gasteiger partial charge in [-0.3, -0.25) is 4.99 Å². The average Bonchev–Trinajstić information content (AvgIpc) is 3.09. The zero-order valence-electron chi connectivity index (χ0n) is 16.7. The van der Waals surface area contributed by atoms with E-state index in [0.717, 1.165) is 51.6 Å². The number of imidazole rings is 1. The summed E-state index contributed by atoms with van der Waals surface area (Å²) in [5, 5.41) is 6.79. The van der Waals surface area contributed by atoms with Crippen molar-refractivity contribution in [1.82, 2.24) is 20.2 Å². The highest BCUT2D eigenvalue weighted by Gasteiger charge is 2.35. The van der Waals surface area contributed by atoms with Gasteiger partial charge in [0.1, 0.15) is 0 Å². The number of nitrogens with one attached hydrogen (secondary N) is 2. The van der Waals surface area contributed by atoms with Gasteiger partial charge < -0.3 is 19.9 Å². The molecule has 2 atom stereocenters. The fourth-order valence-electron chi connectivity index (χ4n) is 3.43. The molecule has 0 aromatic carbocycles. The van der Waals surface area contributed by atoms with Crippen molar-refractivity contribution in [2.75, 3.05) is 26.2 Å². The molecule has 0 amide bonds. The van der Waals surface area contributed by atoms with Crippen LogP contribution < -0.4 is 10.6 Å². The van der Waals surface area contributed by atoms with Crippen molar-refractivity contribution in [2.45, 2.75) is 59.6 Å². The van der Waals surface area contributed by atoms with Crippen LogP contribution in [0.3, 0.4) is 0 Å². The van der Waals surface area contributed by atoms with Crippen molar-refractivity contribution in [1.29, 1.82) is 0 Å². The average molecular weight is 477 g/mol. The van der Waals surface area contributed by atoms with Crippen LogP contribution in [0.2, 0.25) is 0 Å². The molecule has 2 rings (SSSR count). The molecule has 0 spiro atoms. The van der Waals surface area contributed by atoms with Gasteiger partial charge in [-0.15, -0.1) is 24.0 Å². The van der Waals surface area contributed by atoms with E-state index >= 15 is 0 Å². The van der Waals surface area contributed by atoms with E-state index in [2.05, 4.69) is 47.9 Å². The summed E-state index contributed by atoms with van der Waals surface area (Å²) in [6, 6.07) is 0. The number of aromatic nitrogens is 2. The van der Waals surface area contributed by atoms with Gasteiger partial charge in [-0.25, -0.2) is 4.98 Å². The molecule has 1 saturated heterocycles. The second-order valence-electron chi connectivity index (χ2n) is 7.86. The molecular formula is C19H36IN5O. The molecule has 1 aliphatic rings. The maximum absolute atomic E-state index is 6.07. The lowest BCUT2D eigenvalue weighted by Crippen LogP contribution is -2.43. The van der Waals surface area contributed by atoms with E-state index in [-0.39, 0.29) is 35.5 Å². The summed E-state index contributed by atoms with van der Waals surface area (Å²) in [5.74, 6) is 1.40. The molecule has 1 aromatic rings. The van der Waals surface area contributed by atoms with Gasteiger partial charge in [-0.05, 0) is 31.6 Å². The third-order valence-electron chi connectivity index (χ3n) is 4.57. The minimum atomic E-state index is 0. The Bertz CT molecular complexity index is 512. The molecule has 1 aliphatic heterocycles. The first-order valence-electron chi connectivity index (χ1n) is 9.60. The molecule has 7 heteroatoms. The van der Waals surface area contributed by atoms with Gasteiger partial charge in [0.05, 0.1) is 12.4 Å². The predicted molar refractivity (Wildman–Crippen MR) is 118 cm³/mol. The van der Waals surface area contributed by atoms with Gasteiger partial charge in [0.2, 0.25) is 0 Å². The van der Waals surface area contributed by atoms with E-state index in [1.54, 1.807) is 0 Å². The smallest absolute Gasteiger partial charge is 0.191 e.